The van der Waals surface area contributed by atoms with Crippen LogP contribution in [0.25, 0.3) is 0 Å². The molecular formula is C16H17N3O6S2. The number of benzene rings is 2. The molecule has 4 N–H and O–H groups in total. The Morgan fingerprint density at radius 2 is 1.93 bits per heavy atom. The first kappa shape index (κ1) is 20.7. The number of thioether (sulfide) groups is 1. The van der Waals surface area contributed by atoms with Gasteiger partial charge in [0.15, 0.2) is 0 Å². The maximum Gasteiger partial charge on any atom is 0.305 e. The van der Waals surface area contributed by atoms with Crippen LogP contribution in [0.15, 0.2) is 58.3 Å². The summed E-state index contributed by atoms with van der Waals surface area (Å²) in [5, 5.41) is 28.2. The van der Waals surface area contributed by atoms with Crippen LogP contribution >= 0.6 is 11.8 Å². The van der Waals surface area contributed by atoms with Crippen LogP contribution < -0.4 is 10.5 Å². The van der Waals surface area contributed by atoms with Gasteiger partial charge < -0.3 is 10.4 Å². The minimum absolute atomic E-state index is 0.0207. The van der Waals surface area contributed by atoms with Crippen molar-refractivity contribution in [1.29, 1.82) is 0 Å². The van der Waals surface area contributed by atoms with E-state index in [9.17, 15) is 23.3 Å². The molecule has 0 aliphatic carbocycles. The zero-order valence-corrected chi connectivity index (χ0v) is 15.6. The molecule has 2 aromatic rings. The van der Waals surface area contributed by atoms with Crippen molar-refractivity contribution in [3.8, 4) is 0 Å². The highest BCUT2D eigenvalue weighted by atomic mass is 32.2. The summed E-state index contributed by atoms with van der Waals surface area (Å²) in [4.78, 5) is 22.2. The molecule has 0 aliphatic rings. The molecule has 0 saturated heterocycles. The molecule has 0 fully saturated rings. The number of primary sulfonamides is 1. The van der Waals surface area contributed by atoms with Gasteiger partial charge >= 0.3 is 5.97 Å². The van der Waals surface area contributed by atoms with Crippen molar-refractivity contribution in [1.82, 2.24) is 0 Å². The first-order valence-corrected chi connectivity index (χ1v) is 10.2. The van der Waals surface area contributed by atoms with Crippen LogP contribution in [0.3, 0.4) is 0 Å². The lowest BCUT2D eigenvalue weighted by Crippen LogP contribution is -2.26. The fourth-order valence-corrected chi connectivity index (χ4v) is 3.74. The third-order valence-electron chi connectivity index (χ3n) is 3.47. The molecule has 27 heavy (non-hydrogen) atoms. The summed E-state index contributed by atoms with van der Waals surface area (Å²) in [6, 6.07) is 11.8. The molecule has 0 heterocycles. The lowest BCUT2D eigenvalue weighted by atomic mass is 10.2. The number of nitro groups is 1. The lowest BCUT2D eigenvalue weighted by molar-refractivity contribution is -0.384. The molecule has 0 saturated carbocycles. The summed E-state index contributed by atoms with van der Waals surface area (Å²) >= 11 is 1.40. The number of hydrogen-bond donors (Lipinski definition) is 3. The van der Waals surface area contributed by atoms with E-state index in [-0.39, 0.29) is 12.1 Å². The van der Waals surface area contributed by atoms with E-state index in [4.69, 9.17) is 10.2 Å². The van der Waals surface area contributed by atoms with Crippen molar-refractivity contribution in [3.05, 3.63) is 58.6 Å². The molecular weight excluding hydrogens is 394 g/mol. The van der Waals surface area contributed by atoms with E-state index in [0.717, 1.165) is 17.0 Å². The summed E-state index contributed by atoms with van der Waals surface area (Å²) in [5.41, 5.74) is -0.478. The van der Waals surface area contributed by atoms with Crippen LogP contribution in [0.2, 0.25) is 0 Å². The van der Waals surface area contributed by atoms with Gasteiger partial charge in [0.1, 0.15) is 5.69 Å². The van der Waals surface area contributed by atoms with Gasteiger partial charge in [-0.3, -0.25) is 14.9 Å². The molecule has 0 aromatic heterocycles. The van der Waals surface area contributed by atoms with Crippen molar-refractivity contribution in [3.63, 3.8) is 0 Å². The molecule has 0 spiro atoms. The van der Waals surface area contributed by atoms with Gasteiger partial charge in [-0.25, -0.2) is 13.6 Å². The third-order valence-corrected chi connectivity index (χ3v) is 5.55. The second-order valence-corrected chi connectivity index (χ2v) is 8.20. The predicted octanol–water partition coefficient (Wildman–Crippen LogP) is 2.29. The van der Waals surface area contributed by atoms with Crippen LogP contribution in [-0.4, -0.2) is 36.2 Å². The Bertz CT molecular complexity index is 934. The second kappa shape index (κ2) is 8.84. The number of rotatable bonds is 9. The number of carboxylic acid groups (broad SMARTS) is 1. The Morgan fingerprint density at radius 3 is 2.48 bits per heavy atom. The number of hydrogen-bond acceptors (Lipinski definition) is 7. The molecule has 0 bridgehead atoms. The highest BCUT2D eigenvalue weighted by Gasteiger charge is 2.22. The second-order valence-electron chi connectivity index (χ2n) is 5.54. The molecule has 144 valence electrons. The van der Waals surface area contributed by atoms with Gasteiger partial charge in [0, 0.05) is 22.8 Å². The minimum atomic E-state index is -4.10. The largest absolute Gasteiger partial charge is 0.481 e. The maximum atomic E-state index is 11.4. The summed E-state index contributed by atoms with van der Waals surface area (Å²) < 4.78 is 22.8. The Kier molecular flexibility index (Phi) is 6.77. The first-order valence-electron chi connectivity index (χ1n) is 7.64. The van der Waals surface area contributed by atoms with Crippen LogP contribution in [0.4, 0.5) is 11.4 Å². The SMILES string of the molecule is NS(=O)(=O)c1ccc(NC(CSc2ccccc2)CC(=O)O)c([N+](=O)[O-])c1. The number of nitrogens with zero attached hydrogens (tertiary/aromatic N) is 1. The molecule has 9 nitrogen and oxygen atoms in total. The molecule has 2 rings (SSSR count). The van der Waals surface area contributed by atoms with Crippen LogP contribution in [0.1, 0.15) is 6.42 Å². The van der Waals surface area contributed by atoms with Gasteiger partial charge in [-0.2, -0.15) is 0 Å². The first-order chi connectivity index (χ1) is 12.7. The highest BCUT2D eigenvalue weighted by molar-refractivity contribution is 7.99. The van der Waals surface area contributed by atoms with Crippen molar-refractivity contribution < 1.29 is 23.2 Å². The summed E-state index contributed by atoms with van der Waals surface area (Å²) in [5.74, 6) is -0.727. The number of nitro benzene ring substituents is 1. The van der Waals surface area contributed by atoms with E-state index in [1.54, 1.807) is 0 Å². The Hall–Kier alpha value is -2.63. The van der Waals surface area contributed by atoms with Crippen molar-refractivity contribution in [2.45, 2.75) is 22.3 Å². The van der Waals surface area contributed by atoms with Crippen LogP contribution in [-0.2, 0) is 14.8 Å². The van der Waals surface area contributed by atoms with Crippen LogP contribution in [0, 0.1) is 10.1 Å². The van der Waals surface area contributed by atoms with Gasteiger partial charge in [-0.05, 0) is 24.3 Å². The van der Waals surface area contributed by atoms with E-state index in [1.807, 2.05) is 30.3 Å². The molecule has 0 radical (unpaired) electrons. The zero-order valence-electron chi connectivity index (χ0n) is 13.9. The van der Waals surface area contributed by atoms with Crippen molar-refractivity contribution in [2.24, 2.45) is 5.14 Å². The van der Waals surface area contributed by atoms with E-state index < -0.39 is 37.5 Å². The number of nitrogens with two attached hydrogens (primary N) is 1. The molecule has 1 atom stereocenters. The summed E-state index contributed by atoms with van der Waals surface area (Å²) in [7, 11) is -4.10. The van der Waals surface area contributed by atoms with Crippen LogP contribution in [0.5, 0.6) is 0 Å². The smallest absolute Gasteiger partial charge is 0.305 e. The fourth-order valence-electron chi connectivity index (χ4n) is 2.26. The monoisotopic (exact) mass is 411 g/mol. The fraction of sp³-hybridized carbons (Fsp3) is 0.188. The zero-order chi connectivity index (χ0) is 20.0. The number of sulfonamides is 1. The van der Waals surface area contributed by atoms with E-state index in [0.29, 0.717) is 5.75 Å². The molecule has 0 aliphatic heterocycles. The quantitative estimate of drug-likeness (QED) is 0.323. The van der Waals surface area contributed by atoms with Gasteiger partial charge in [0.05, 0.1) is 16.2 Å². The summed E-state index contributed by atoms with van der Waals surface area (Å²) in [6.45, 7) is 0. The van der Waals surface area contributed by atoms with E-state index in [1.165, 1.54) is 17.8 Å². The van der Waals surface area contributed by atoms with Gasteiger partial charge in [0.25, 0.3) is 5.69 Å². The topological polar surface area (TPSA) is 153 Å². The van der Waals surface area contributed by atoms with Crippen molar-refractivity contribution >= 4 is 39.1 Å². The van der Waals surface area contributed by atoms with Gasteiger partial charge in [0.2, 0.25) is 10.0 Å². The number of nitrogens with one attached hydrogen (secondary N) is 1. The molecule has 11 heteroatoms. The number of carboxylic acids is 1. The highest BCUT2D eigenvalue weighted by Crippen LogP contribution is 2.29. The number of carbonyl (C=O) groups is 1. The average Bonchev–Trinajstić information content (AvgIpc) is 2.59. The van der Waals surface area contributed by atoms with E-state index >= 15 is 0 Å². The summed E-state index contributed by atoms with van der Waals surface area (Å²) in [6.07, 6.45) is -0.270. The normalized spacial score (nSPS) is 12.3. The maximum absolute atomic E-state index is 11.4. The molecule has 2 aromatic carbocycles. The van der Waals surface area contributed by atoms with Gasteiger partial charge in [-0.1, -0.05) is 18.2 Å². The molecule has 0 amide bonds. The number of anilines is 1. The standard InChI is InChI=1S/C16H17N3O6S2/c17-27(24,25)13-6-7-14(15(9-13)19(22)23)18-11(8-16(20)21)10-26-12-4-2-1-3-5-12/h1-7,9,11,18H,8,10H2,(H,20,21)(H2,17,24,25). The Morgan fingerprint density at radius 1 is 1.26 bits per heavy atom. The number of aliphatic carboxylic acids is 1. The Balaban J connectivity index is 2.25. The molecule has 1 unspecified atom stereocenters. The minimum Gasteiger partial charge on any atom is -0.481 e. The van der Waals surface area contributed by atoms with E-state index in [2.05, 4.69) is 5.32 Å². The van der Waals surface area contributed by atoms with Crippen molar-refractivity contribution in [2.75, 3.05) is 11.1 Å². The lowest BCUT2D eigenvalue weighted by Gasteiger charge is -2.18. The predicted molar refractivity (Wildman–Crippen MR) is 101 cm³/mol. The third kappa shape index (κ3) is 6.24. The van der Waals surface area contributed by atoms with Gasteiger partial charge in [-0.15, -0.1) is 11.8 Å². The average molecular weight is 411 g/mol. The Labute approximate surface area is 159 Å².